The average molecular weight is 486 g/mol. The number of hydrogen-bond acceptors (Lipinski definition) is 5. The maximum absolute atomic E-state index is 9.60. The van der Waals surface area contributed by atoms with E-state index in [0.29, 0.717) is 6.42 Å². The van der Waals surface area contributed by atoms with Crippen LogP contribution in [-0.2, 0) is 10.8 Å². The molecule has 0 spiro atoms. The number of nitrogens with zero attached hydrogens (tertiary/aromatic N) is 3. The first kappa shape index (κ1) is 26.1. The summed E-state index contributed by atoms with van der Waals surface area (Å²) in [6.07, 6.45) is 10.0. The molecule has 1 aromatic carbocycles. The zero-order chi connectivity index (χ0) is 26.3. The topological polar surface area (TPSA) is 80.3 Å². The Labute approximate surface area is 216 Å². The Morgan fingerprint density at radius 2 is 1.69 bits per heavy atom. The number of aliphatic hydroxyl groups excluding tert-OH is 1. The zero-order valence-corrected chi connectivity index (χ0v) is 22.7. The maximum Gasteiger partial charge on any atom is 0.132 e. The first-order valence-corrected chi connectivity index (χ1v) is 13.0. The summed E-state index contributed by atoms with van der Waals surface area (Å²) >= 11 is 0. The highest BCUT2D eigenvalue weighted by atomic mass is 16.5. The summed E-state index contributed by atoms with van der Waals surface area (Å²) in [6, 6.07) is 6.42. The van der Waals surface area contributed by atoms with Gasteiger partial charge in [-0.05, 0) is 64.7 Å². The van der Waals surface area contributed by atoms with Crippen LogP contribution in [0.1, 0.15) is 83.9 Å². The van der Waals surface area contributed by atoms with E-state index in [4.69, 9.17) is 4.74 Å². The van der Waals surface area contributed by atoms with E-state index in [1.54, 1.807) is 0 Å². The lowest BCUT2D eigenvalue weighted by Gasteiger charge is -2.49. The number of aliphatic hydroxyl groups is 1. The van der Waals surface area contributed by atoms with Gasteiger partial charge >= 0.3 is 0 Å². The highest BCUT2D eigenvalue weighted by Crippen LogP contribution is 2.54. The molecule has 0 fully saturated rings. The Balaban J connectivity index is 1.90. The molecule has 1 aromatic rings. The Bertz CT molecular complexity index is 1210. The molecule has 0 aromatic heterocycles. The second-order valence-electron chi connectivity index (χ2n) is 12.6. The number of rotatable bonds is 5. The molecule has 5 nitrogen and oxygen atoms in total. The predicted molar refractivity (Wildman–Crippen MR) is 145 cm³/mol. The zero-order valence-electron chi connectivity index (χ0n) is 22.7. The van der Waals surface area contributed by atoms with Gasteiger partial charge in [-0.1, -0.05) is 59.8 Å². The van der Waals surface area contributed by atoms with E-state index in [9.17, 15) is 15.6 Å². The largest absolute Gasteiger partial charge is 0.490 e. The summed E-state index contributed by atoms with van der Waals surface area (Å²) in [5, 5.41) is 28.5. The average Bonchev–Trinajstić information content (AvgIpc) is 2.80. The molecule has 0 amide bonds. The normalized spacial score (nSPS) is 21.3. The van der Waals surface area contributed by atoms with Gasteiger partial charge in [-0.3, -0.25) is 0 Å². The molecular formula is C31H39N3O2. The van der Waals surface area contributed by atoms with E-state index in [1.807, 2.05) is 6.08 Å². The van der Waals surface area contributed by atoms with Crippen LogP contribution in [0.3, 0.4) is 0 Å². The minimum atomic E-state index is -0.0425. The van der Waals surface area contributed by atoms with Crippen molar-refractivity contribution in [2.24, 2.45) is 5.41 Å². The Kier molecular flexibility index (Phi) is 6.84. The Hall–Kier alpha value is -3.02. The summed E-state index contributed by atoms with van der Waals surface area (Å²) in [5.74, 6) is 0.868. The van der Waals surface area contributed by atoms with Crippen molar-refractivity contribution in [2.75, 3.05) is 31.2 Å². The fourth-order valence-electron chi connectivity index (χ4n) is 6.09. The van der Waals surface area contributed by atoms with Crippen LogP contribution < -0.4 is 9.64 Å². The molecule has 1 N–H and O–H groups in total. The van der Waals surface area contributed by atoms with Crippen molar-refractivity contribution in [3.05, 3.63) is 51.6 Å². The lowest BCUT2D eigenvalue weighted by Crippen LogP contribution is -2.45. The maximum atomic E-state index is 9.60. The van der Waals surface area contributed by atoms with Gasteiger partial charge in [0.05, 0.1) is 6.61 Å². The van der Waals surface area contributed by atoms with E-state index in [0.717, 1.165) is 54.8 Å². The van der Waals surface area contributed by atoms with Crippen LogP contribution in [0, 0.1) is 28.1 Å². The molecule has 2 aliphatic heterocycles. The van der Waals surface area contributed by atoms with Crippen molar-refractivity contribution in [1.29, 1.82) is 10.5 Å². The van der Waals surface area contributed by atoms with E-state index in [2.05, 4.69) is 76.8 Å². The van der Waals surface area contributed by atoms with Gasteiger partial charge in [0.1, 0.15) is 30.1 Å². The van der Waals surface area contributed by atoms with Crippen molar-refractivity contribution in [2.45, 2.75) is 78.1 Å². The monoisotopic (exact) mass is 485 g/mol. The second kappa shape index (κ2) is 9.45. The SMILES string of the molecule is CC1(C)CC(/C=C/c2cc3c4c(c2OCCO)C(C)(C)CCN4CCC3(C)C)=CC(=C(C#N)C#N)C1. The summed E-state index contributed by atoms with van der Waals surface area (Å²) in [5.41, 5.74) is 7.05. The Morgan fingerprint density at radius 1 is 1.03 bits per heavy atom. The molecule has 0 atom stereocenters. The molecule has 0 bridgehead atoms. The summed E-state index contributed by atoms with van der Waals surface area (Å²) in [7, 11) is 0. The first-order valence-electron chi connectivity index (χ1n) is 13.0. The molecule has 190 valence electrons. The van der Waals surface area contributed by atoms with Gasteiger partial charge in [0.25, 0.3) is 0 Å². The highest BCUT2D eigenvalue weighted by molar-refractivity contribution is 5.78. The van der Waals surface area contributed by atoms with Crippen LogP contribution in [0.25, 0.3) is 6.08 Å². The molecule has 4 rings (SSSR count). The fraction of sp³-hybridized carbons (Fsp3) is 0.548. The summed E-state index contributed by atoms with van der Waals surface area (Å²) in [4.78, 5) is 2.52. The number of anilines is 1. The highest BCUT2D eigenvalue weighted by Gasteiger charge is 2.42. The van der Waals surface area contributed by atoms with Crippen LogP contribution in [0.15, 0.2) is 34.9 Å². The van der Waals surface area contributed by atoms with Gasteiger partial charge in [-0.25, -0.2) is 0 Å². The second-order valence-corrected chi connectivity index (χ2v) is 12.6. The third kappa shape index (κ3) is 4.82. The van der Waals surface area contributed by atoms with Crippen molar-refractivity contribution >= 4 is 11.8 Å². The smallest absolute Gasteiger partial charge is 0.132 e. The number of benzene rings is 1. The van der Waals surface area contributed by atoms with Crippen molar-refractivity contribution in [3.8, 4) is 17.9 Å². The van der Waals surface area contributed by atoms with Gasteiger partial charge < -0.3 is 14.7 Å². The molecular weight excluding hydrogens is 446 g/mol. The van der Waals surface area contributed by atoms with Crippen molar-refractivity contribution in [3.63, 3.8) is 0 Å². The van der Waals surface area contributed by atoms with Crippen LogP contribution in [0.4, 0.5) is 5.69 Å². The van der Waals surface area contributed by atoms with Gasteiger partial charge in [0, 0.05) is 29.9 Å². The molecule has 36 heavy (non-hydrogen) atoms. The minimum absolute atomic E-state index is 0.0338. The van der Waals surface area contributed by atoms with Gasteiger partial charge in [0.15, 0.2) is 0 Å². The molecule has 3 aliphatic rings. The molecule has 0 radical (unpaired) electrons. The van der Waals surface area contributed by atoms with Gasteiger partial charge in [0.2, 0.25) is 0 Å². The lowest BCUT2D eigenvalue weighted by molar-refractivity contribution is 0.197. The van der Waals surface area contributed by atoms with E-state index >= 15 is 0 Å². The number of ether oxygens (including phenoxy) is 1. The number of nitriles is 2. The molecule has 0 saturated heterocycles. The molecule has 0 saturated carbocycles. The van der Waals surface area contributed by atoms with E-state index < -0.39 is 0 Å². The molecule has 5 heteroatoms. The van der Waals surface area contributed by atoms with Crippen molar-refractivity contribution in [1.82, 2.24) is 0 Å². The number of allylic oxidation sites excluding steroid dienone is 5. The van der Waals surface area contributed by atoms with Crippen LogP contribution >= 0.6 is 0 Å². The fourth-order valence-corrected chi connectivity index (χ4v) is 6.09. The third-order valence-corrected chi connectivity index (χ3v) is 8.09. The molecule has 0 unspecified atom stereocenters. The quantitative estimate of drug-likeness (QED) is 0.493. The van der Waals surface area contributed by atoms with Gasteiger partial charge in [-0.2, -0.15) is 10.5 Å². The minimum Gasteiger partial charge on any atom is -0.490 e. The summed E-state index contributed by atoms with van der Waals surface area (Å²) < 4.78 is 6.29. The van der Waals surface area contributed by atoms with E-state index in [-0.39, 0.29) is 35.0 Å². The van der Waals surface area contributed by atoms with Gasteiger partial charge in [-0.15, -0.1) is 0 Å². The molecule has 1 aliphatic carbocycles. The lowest BCUT2D eigenvalue weighted by atomic mass is 9.68. The van der Waals surface area contributed by atoms with Crippen molar-refractivity contribution < 1.29 is 9.84 Å². The van der Waals surface area contributed by atoms with Crippen LogP contribution in [0.2, 0.25) is 0 Å². The first-order chi connectivity index (χ1) is 16.9. The standard InChI is InChI=1S/C31H39N3O2/c1-29(2)17-21(15-23(18-29)24(19-32)20-33)7-8-22-16-25-27-26(28(22)36-14-13-35)31(5,6)10-12-34(27)11-9-30(25,3)4/h7-8,15-16,35H,9-14,17-18H2,1-6H3/b8-7+. The third-order valence-electron chi connectivity index (χ3n) is 8.09. The predicted octanol–water partition coefficient (Wildman–Crippen LogP) is 6.33. The van der Waals surface area contributed by atoms with E-state index in [1.165, 1.54) is 16.8 Å². The summed E-state index contributed by atoms with van der Waals surface area (Å²) in [6.45, 7) is 15.9. The molecule has 2 heterocycles. The van der Waals surface area contributed by atoms with Crippen LogP contribution in [0.5, 0.6) is 5.75 Å². The van der Waals surface area contributed by atoms with Crippen LogP contribution in [-0.4, -0.2) is 31.4 Å². The number of hydrogen-bond donors (Lipinski definition) is 1. The Morgan fingerprint density at radius 3 is 2.33 bits per heavy atom.